The number of benzene rings is 2. The molecule has 1 aliphatic heterocycles. The lowest BCUT2D eigenvalue weighted by Crippen LogP contribution is -2.42. The number of amides is 2. The Kier molecular flexibility index (Phi) is 7.69. The summed E-state index contributed by atoms with van der Waals surface area (Å²) < 4.78 is 11.0. The van der Waals surface area contributed by atoms with Crippen LogP contribution in [-0.4, -0.2) is 35.2 Å². The minimum Gasteiger partial charge on any atom is -0.486 e. The van der Waals surface area contributed by atoms with Crippen LogP contribution in [0.25, 0.3) is 6.08 Å². The van der Waals surface area contributed by atoms with Crippen LogP contribution < -0.4 is 4.74 Å². The number of carbonyl (C=O) groups is 3. The van der Waals surface area contributed by atoms with E-state index in [-0.39, 0.29) is 11.5 Å². The van der Waals surface area contributed by atoms with Crippen LogP contribution in [0.15, 0.2) is 45.8 Å². The molecule has 2 aromatic carbocycles. The number of rotatable bonds is 6. The summed E-state index contributed by atoms with van der Waals surface area (Å²) in [4.78, 5) is 37.6. The molecule has 1 aliphatic rings. The average Bonchev–Trinajstić information content (AvgIpc) is 3.00. The third-order valence-electron chi connectivity index (χ3n) is 4.40. The van der Waals surface area contributed by atoms with E-state index in [4.69, 9.17) is 27.9 Å². The summed E-state index contributed by atoms with van der Waals surface area (Å²) in [6, 6.07) is 9.63. The van der Waals surface area contributed by atoms with Gasteiger partial charge in [-0.15, -0.1) is 0 Å². The number of hydrogen-bond acceptors (Lipinski definition) is 6. The normalized spacial score (nSPS) is 16.0. The smallest absolute Gasteiger partial charge is 0.328 e. The Hall–Kier alpha value is -2.00. The summed E-state index contributed by atoms with van der Waals surface area (Å²) in [6.07, 6.45) is 1.53. The molecule has 3 rings (SSSR count). The number of nitrogens with zero attached hydrogens (tertiary/aromatic N) is 1. The van der Waals surface area contributed by atoms with Crippen LogP contribution in [-0.2, 0) is 20.9 Å². The van der Waals surface area contributed by atoms with Crippen LogP contribution in [0.3, 0.4) is 0 Å². The summed E-state index contributed by atoms with van der Waals surface area (Å²) in [6.45, 7) is 1.66. The largest absolute Gasteiger partial charge is 0.486 e. The molecule has 0 unspecified atom stereocenters. The van der Waals surface area contributed by atoms with Crippen molar-refractivity contribution in [1.29, 1.82) is 0 Å². The second-order valence-corrected chi connectivity index (χ2v) is 9.11. The van der Waals surface area contributed by atoms with Gasteiger partial charge in [0.1, 0.15) is 12.6 Å². The first-order valence-corrected chi connectivity index (χ1v) is 11.3. The molecule has 0 radical (unpaired) electrons. The fourth-order valence-electron chi connectivity index (χ4n) is 2.81. The van der Waals surface area contributed by atoms with Gasteiger partial charge in [0.25, 0.3) is 11.1 Å². The average molecular weight is 545 g/mol. The van der Waals surface area contributed by atoms with E-state index in [1.807, 2.05) is 18.2 Å². The van der Waals surface area contributed by atoms with Gasteiger partial charge in [0, 0.05) is 10.6 Å². The third-order valence-corrected chi connectivity index (χ3v) is 6.52. The van der Waals surface area contributed by atoms with Crippen molar-refractivity contribution in [2.45, 2.75) is 19.6 Å². The van der Waals surface area contributed by atoms with Crippen molar-refractivity contribution in [1.82, 2.24) is 4.90 Å². The molecule has 0 saturated carbocycles. The van der Waals surface area contributed by atoms with Crippen molar-refractivity contribution in [3.63, 3.8) is 0 Å². The summed E-state index contributed by atoms with van der Waals surface area (Å²) in [5.41, 5.74) is 1.39. The fraction of sp³-hybridized carbons (Fsp3) is 0.190. The third kappa shape index (κ3) is 5.26. The monoisotopic (exact) mass is 543 g/mol. The Labute approximate surface area is 201 Å². The molecule has 1 fully saturated rings. The van der Waals surface area contributed by atoms with Crippen molar-refractivity contribution in [3.8, 4) is 5.75 Å². The highest BCUT2D eigenvalue weighted by atomic mass is 79.9. The van der Waals surface area contributed by atoms with Gasteiger partial charge in [-0.3, -0.25) is 14.5 Å². The lowest BCUT2D eigenvalue weighted by atomic mass is 10.2. The predicted octanol–water partition coefficient (Wildman–Crippen LogP) is 5.93. The second-order valence-electron chi connectivity index (χ2n) is 6.44. The summed E-state index contributed by atoms with van der Waals surface area (Å²) >= 11 is 16.7. The molecule has 0 aromatic heterocycles. The molecule has 6 nitrogen and oxygen atoms in total. The summed E-state index contributed by atoms with van der Waals surface area (Å²) in [7, 11) is 1.20. The quantitative estimate of drug-likeness (QED) is 0.331. The maximum Gasteiger partial charge on any atom is 0.328 e. The van der Waals surface area contributed by atoms with Crippen LogP contribution in [0.1, 0.15) is 18.1 Å². The van der Waals surface area contributed by atoms with E-state index in [1.54, 1.807) is 18.2 Å². The zero-order valence-corrected chi connectivity index (χ0v) is 20.3. The van der Waals surface area contributed by atoms with E-state index in [1.165, 1.54) is 20.1 Å². The zero-order chi connectivity index (χ0) is 22.7. The van der Waals surface area contributed by atoms with Crippen LogP contribution in [0, 0.1) is 0 Å². The van der Waals surface area contributed by atoms with Gasteiger partial charge >= 0.3 is 5.97 Å². The fourth-order valence-corrected chi connectivity index (χ4v) is 4.89. The molecule has 10 heteroatoms. The SMILES string of the molecule is COC(=O)[C@H](C)N1C(=O)S/C(=C/c2cc(Cl)c(OCc3ccccc3Cl)c(Br)c2)C1=O. The number of hydrogen-bond donors (Lipinski definition) is 0. The Bertz CT molecular complexity index is 1070. The van der Waals surface area contributed by atoms with E-state index in [2.05, 4.69) is 20.7 Å². The highest BCUT2D eigenvalue weighted by Crippen LogP contribution is 2.38. The van der Waals surface area contributed by atoms with E-state index < -0.39 is 23.2 Å². The lowest BCUT2D eigenvalue weighted by Gasteiger charge is -2.18. The van der Waals surface area contributed by atoms with Gasteiger partial charge in [-0.25, -0.2) is 4.79 Å². The number of carbonyl (C=O) groups excluding carboxylic acids is 3. The number of thioether (sulfide) groups is 1. The van der Waals surface area contributed by atoms with Gasteiger partial charge in [-0.1, -0.05) is 41.4 Å². The van der Waals surface area contributed by atoms with Crippen molar-refractivity contribution >= 4 is 74.1 Å². The molecule has 0 spiro atoms. The molecular formula is C21H16BrCl2NO5S. The molecule has 1 saturated heterocycles. The first-order valence-electron chi connectivity index (χ1n) is 8.93. The number of ether oxygens (including phenoxy) is 2. The Morgan fingerprint density at radius 1 is 1.23 bits per heavy atom. The van der Waals surface area contributed by atoms with Gasteiger partial charge in [-0.2, -0.15) is 0 Å². The highest BCUT2D eigenvalue weighted by Gasteiger charge is 2.41. The van der Waals surface area contributed by atoms with Gasteiger partial charge in [-0.05, 0) is 64.5 Å². The van der Waals surface area contributed by atoms with Gasteiger partial charge in [0.05, 0.1) is 21.5 Å². The maximum absolute atomic E-state index is 12.6. The van der Waals surface area contributed by atoms with Gasteiger partial charge < -0.3 is 9.47 Å². The van der Waals surface area contributed by atoms with Crippen LogP contribution >= 0.6 is 50.9 Å². The molecule has 2 aromatic rings. The number of imide groups is 1. The van der Waals surface area contributed by atoms with Crippen molar-refractivity contribution < 1.29 is 23.9 Å². The minimum absolute atomic E-state index is 0.174. The van der Waals surface area contributed by atoms with E-state index in [9.17, 15) is 14.4 Å². The lowest BCUT2D eigenvalue weighted by molar-refractivity contribution is -0.148. The molecule has 31 heavy (non-hydrogen) atoms. The molecular weight excluding hydrogens is 529 g/mol. The van der Waals surface area contributed by atoms with Crippen molar-refractivity contribution in [2.75, 3.05) is 7.11 Å². The number of halogens is 3. The first-order chi connectivity index (χ1) is 14.7. The Morgan fingerprint density at radius 3 is 2.58 bits per heavy atom. The van der Waals surface area contributed by atoms with E-state index in [0.29, 0.717) is 25.8 Å². The van der Waals surface area contributed by atoms with Gasteiger partial charge in [0.2, 0.25) is 0 Å². The summed E-state index contributed by atoms with van der Waals surface area (Å²) in [5, 5.41) is 0.358. The Morgan fingerprint density at radius 2 is 1.94 bits per heavy atom. The maximum atomic E-state index is 12.6. The molecule has 0 aliphatic carbocycles. The van der Waals surface area contributed by atoms with Crippen LogP contribution in [0.2, 0.25) is 10.0 Å². The van der Waals surface area contributed by atoms with Crippen LogP contribution in [0.4, 0.5) is 4.79 Å². The van der Waals surface area contributed by atoms with E-state index in [0.717, 1.165) is 22.2 Å². The number of methoxy groups -OCH3 is 1. The van der Waals surface area contributed by atoms with E-state index >= 15 is 0 Å². The predicted molar refractivity (Wildman–Crippen MR) is 124 cm³/mol. The molecule has 1 atom stereocenters. The molecule has 0 N–H and O–H groups in total. The van der Waals surface area contributed by atoms with Crippen molar-refractivity contribution in [3.05, 3.63) is 66.9 Å². The topological polar surface area (TPSA) is 72.9 Å². The van der Waals surface area contributed by atoms with Crippen LogP contribution in [0.5, 0.6) is 5.75 Å². The highest BCUT2D eigenvalue weighted by molar-refractivity contribution is 9.10. The zero-order valence-electron chi connectivity index (χ0n) is 16.4. The molecule has 162 valence electrons. The van der Waals surface area contributed by atoms with Gasteiger partial charge in [0.15, 0.2) is 5.75 Å². The second kappa shape index (κ2) is 10.1. The summed E-state index contributed by atoms with van der Waals surface area (Å²) in [5.74, 6) is -0.820. The molecule has 1 heterocycles. The first kappa shape index (κ1) is 23.7. The molecule has 0 bridgehead atoms. The Balaban J connectivity index is 1.80. The standard InChI is InChI=1S/C21H16BrCl2NO5S/c1-11(20(27)29-2)25-19(26)17(31-21(25)28)9-12-7-14(22)18(16(24)8-12)30-10-13-5-3-4-6-15(13)23/h3-9,11H,10H2,1-2H3/b17-9+/t11-/m0/s1. The van der Waals surface area contributed by atoms with Crippen molar-refractivity contribution in [2.24, 2.45) is 0 Å². The molecule has 2 amide bonds. The number of esters is 1. The minimum atomic E-state index is -1.01.